The number of anilines is 1. The third-order valence-electron chi connectivity index (χ3n) is 2.17. The molecule has 1 atom stereocenters. The Morgan fingerprint density at radius 3 is 3.17 bits per heavy atom. The summed E-state index contributed by atoms with van der Waals surface area (Å²) in [5.74, 6) is -0.160. The Morgan fingerprint density at radius 1 is 1.58 bits per heavy atom. The van der Waals surface area contributed by atoms with Gasteiger partial charge in [-0.05, 0) is 30.8 Å². The van der Waals surface area contributed by atoms with Crippen LogP contribution in [0.15, 0.2) is 18.2 Å². The quantitative estimate of drug-likeness (QED) is 0.657. The van der Waals surface area contributed by atoms with Gasteiger partial charge in [0.2, 0.25) is 0 Å². The van der Waals surface area contributed by atoms with Crippen LogP contribution in [-0.4, -0.2) is 13.2 Å². The fourth-order valence-electron chi connectivity index (χ4n) is 1.50. The van der Waals surface area contributed by atoms with Crippen molar-refractivity contribution in [2.75, 3.05) is 12.4 Å². The van der Waals surface area contributed by atoms with Gasteiger partial charge in [0.1, 0.15) is 5.82 Å². The molecule has 2 rings (SSSR count). The Labute approximate surface area is 70.8 Å². The monoisotopic (exact) mass is 166 g/mol. The van der Waals surface area contributed by atoms with E-state index in [0.29, 0.717) is 0 Å². The van der Waals surface area contributed by atoms with E-state index in [1.165, 1.54) is 6.07 Å². The first-order valence-corrected chi connectivity index (χ1v) is 4.02. The molecule has 1 unspecified atom stereocenters. The second-order valence-corrected chi connectivity index (χ2v) is 2.99. The van der Waals surface area contributed by atoms with Crippen molar-refractivity contribution in [3.05, 3.63) is 29.6 Å². The summed E-state index contributed by atoms with van der Waals surface area (Å²) in [5, 5.41) is 6.33. The maximum absolute atomic E-state index is 12.7. The molecule has 1 aliphatic rings. The maximum atomic E-state index is 12.7. The molecule has 0 bridgehead atoms. The summed E-state index contributed by atoms with van der Waals surface area (Å²) in [7, 11) is 1.89. The number of nitrogens with one attached hydrogen (secondary N) is 2. The lowest BCUT2D eigenvalue weighted by molar-refractivity contribution is 0.622. The van der Waals surface area contributed by atoms with Crippen LogP contribution in [0.3, 0.4) is 0 Å². The lowest BCUT2D eigenvalue weighted by Crippen LogP contribution is -2.30. The Kier molecular flexibility index (Phi) is 1.73. The lowest BCUT2D eigenvalue weighted by Gasteiger charge is -2.07. The van der Waals surface area contributed by atoms with Crippen LogP contribution < -0.4 is 10.6 Å². The number of rotatable bonds is 1. The highest BCUT2D eigenvalue weighted by atomic mass is 19.1. The standard InChI is InChI=1S/C9H11FN2/c1-11-9-5-6-4-7(10)2-3-8(6)12-9/h2-4,9,11-12H,5H2,1H3. The second kappa shape index (κ2) is 2.75. The fraction of sp³-hybridized carbons (Fsp3) is 0.333. The highest BCUT2D eigenvalue weighted by Gasteiger charge is 2.18. The molecule has 0 radical (unpaired) electrons. The van der Waals surface area contributed by atoms with Gasteiger partial charge in [-0.3, -0.25) is 0 Å². The van der Waals surface area contributed by atoms with Gasteiger partial charge in [0.25, 0.3) is 0 Å². The molecule has 12 heavy (non-hydrogen) atoms. The van der Waals surface area contributed by atoms with Gasteiger partial charge in [-0.1, -0.05) is 0 Å². The first-order chi connectivity index (χ1) is 5.79. The summed E-state index contributed by atoms with van der Waals surface area (Å²) < 4.78 is 12.7. The van der Waals surface area contributed by atoms with E-state index < -0.39 is 0 Å². The highest BCUT2D eigenvalue weighted by molar-refractivity contribution is 5.56. The van der Waals surface area contributed by atoms with E-state index in [-0.39, 0.29) is 12.0 Å². The van der Waals surface area contributed by atoms with E-state index in [9.17, 15) is 4.39 Å². The molecule has 0 saturated carbocycles. The molecule has 1 aromatic carbocycles. The van der Waals surface area contributed by atoms with E-state index in [2.05, 4.69) is 10.6 Å². The first kappa shape index (κ1) is 7.55. The number of hydrogen-bond acceptors (Lipinski definition) is 2. The van der Waals surface area contributed by atoms with Crippen molar-refractivity contribution in [2.24, 2.45) is 0 Å². The fourth-order valence-corrected chi connectivity index (χ4v) is 1.50. The zero-order valence-electron chi connectivity index (χ0n) is 6.89. The molecular formula is C9H11FN2. The molecule has 0 aliphatic carbocycles. The van der Waals surface area contributed by atoms with Crippen molar-refractivity contribution in [3.63, 3.8) is 0 Å². The second-order valence-electron chi connectivity index (χ2n) is 2.99. The largest absolute Gasteiger partial charge is 0.369 e. The summed E-state index contributed by atoms with van der Waals surface area (Å²) in [5.41, 5.74) is 2.09. The van der Waals surface area contributed by atoms with Crippen LogP contribution in [0, 0.1) is 5.82 Å². The molecular weight excluding hydrogens is 155 g/mol. The van der Waals surface area contributed by atoms with E-state index >= 15 is 0 Å². The predicted octanol–water partition coefficient (Wildman–Crippen LogP) is 1.34. The van der Waals surface area contributed by atoms with Gasteiger partial charge in [-0.25, -0.2) is 4.39 Å². The summed E-state index contributed by atoms with van der Waals surface area (Å²) >= 11 is 0. The van der Waals surface area contributed by atoms with Crippen LogP contribution in [0.5, 0.6) is 0 Å². The molecule has 0 aromatic heterocycles. The van der Waals surface area contributed by atoms with Crippen molar-refractivity contribution in [1.29, 1.82) is 0 Å². The van der Waals surface area contributed by atoms with Crippen molar-refractivity contribution < 1.29 is 4.39 Å². The van der Waals surface area contributed by atoms with Gasteiger partial charge in [0.05, 0.1) is 6.17 Å². The van der Waals surface area contributed by atoms with Crippen LogP contribution >= 0.6 is 0 Å². The van der Waals surface area contributed by atoms with E-state index in [1.54, 1.807) is 12.1 Å². The van der Waals surface area contributed by atoms with Crippen molar-refractivity contribution in [1.82, 2.24) is 5.32 Å². The minimum absolute atomic E-state index is 0.160. The predicted molar refractivity (Wildman–Crippen MR) is 46.6 cm³/mol. The number of likely N-dealkylation sites (N-methyl/N-ethyl adjacent to an activating group) is 1. The Morgan fingerprint density at radius 2 is 2.42 bits per heavy atom. The van der Waals surface area contributed by atoms with Gasteiger partial charge >= 0.3 is 0 Å². The number of hydrogen-bond donors (Lipinski definition) is 2. The van der Waals surface area contributed by atoms with Crippen LogP contribution in [0.1, 0.15) is 5.56 Å². The van der Waals surface area contributed by atoms with Crippen LogP contribution in [-0.2, 0) is 6.42 Å². The molecule has 2 N–H and O–H groups in total. The summed E-state index contributed by atoms with van der Waals surface area (Å²) in [6.07, 6.45) is 1.10. The number of fused-ring (bicyclic) bond motifs is 1. The molecule has 1 heterocycles. The molecule has 0 amide bonds. The third kappa shape index (κ3) is 1.16. The molecule has 1 aromatic rings. The van der Waals surface area contributed by atoms with Gasteiger partial charge in [0, 0.05) is 12.1 Å². The lowest BCUT2D eigenvalue weighted by atomic mass is 10.1. The van der Waals surface area contributed by atoms with Crippen molar-refractivity contribution >= 4 is 5.69 Å². The number of halogens is 1. The molecule has 2 nitrogen and oxygen atoms in total. The minimum Gasteiger partial charge on any atom is -0.369 e. The summed E-state index contributed by atoms with van der Waals surface area (Å²) in [4.78, 5) is 0. The zero-order chi connectivity index (χ0) is 8.55. The Balaban J connectivity index is 2.30. The van der Waals surface area contributed by atoms with Crippen molar-refractivity contribution in [2.45, 2.75) is 12.6 Å². The van der Waals surface area contributed by atoms with Gasteiger partial charge in [-0.2, -0.15) is 0 Å². The maximum Gasteiger partial charge on any atom is 0.123 e. The smallest absolute Gasteiger partial charge is 0.123 e. The van der Waals surface area contributed by atoms with Gasteiger partial charge in [-0.15, -0.1) is 0 Å². The average molecular weight is 166 g/mol. The molecule has 1 aliphatic heterocycles. The van der Waals surface area contributed by atoms with Gasteiger partial charge in [0.15, 0.2) is 0 Å². The van der Waals surface area contributed by atoms with Crippen molar-refractivity contribution in [3.8, 4) is 0 Å². The molecule has 0 fully saturated rings. The van der Waals surface area contributed by atoms with E-state index in [0.717, 1.165) is 17.7 Å². The molecule has 3 heteroatoms. The molecule has 0 saturated heterocycles. The Bertz CT molecular complexity index is 299. The van der Waals surface area contributed by atoms with Crippen LogP contribution in [0.25, 0.3) is 0 Å². The summed E-state index contributed by atoms with van der Waals surface area (Å²) in [6, 6.07) is 4.84. The normalized spacial score (nSPS) is 20.3. The first-order valence-electron chi connectivity index (χ1n) is 4.02. The SMILES string of the molecule is CNC1Cc2cc(F)ccc2N1. The average Bonchev–Trinajstić information content (AvgIpc) is 2.46. The Hall–Kier alpha value is -1.09. The zero-order valence-corrected chi connectivity index (χ0v) is 6.89. The van der Waals surface area contributed by atoms with E-state index in [4.69, 9.17) is 0 Å². The molecule has 64 valence electrons. The summed E-state index contributed by atoms with van der Waals surface area (Å²) in [6.45, 7) is 0. The highest BCUT2D eigenvalue weighted by Crippen LogP contribution is 2.24. The van der Waals surface area contributed by atoms with E-state index in [1.807, 2.05) is 7.05 Å². The third-order valence-corrected chi connectivity index (χ3v) is 2.17. The number of benzene rings is 1. The van der Waals surface area contributed by atoms with Crippen LogP contribution in [0.2, 0.25) is 0 Å². The molecule has 0 spiro atoms. The van der Waals surface area contributed by atoms with Crippen LogP contribution in [0.4, 0.5) is 10.1 Å². The van der Waals surface area contributed by atoms with Gasteiger partial charge < -0.3 is 10.6 Å². The minimum atomic E-state index is -0.160. The topological polar surface area (TPSA) is 24.1 Å².